The molecule has 0 spiro atoms. The molecule has 1 aromatic carbocycles. The van der Waals surface area contributed by atoms with Crippen molar-refractivity contribution < 1.29 is 14.6 Å². The lowest BCUT2D eigenvalue weighted by Crippen LogP contribution is -2.41. The Bertz CT molecular complexity index is 430. The molecule has 0 aliphatic carbocycles. The fourth-order valence-electron chi connectivity index (χ4n) is 2.56. The lowest BCUT2D eigenvalue weighted by atomic mass is 10.1. The number of likely N-dealkylation sites (tertiary alicyclic amines) is 1. The first-order valence-electron chi connectivity index (χ1n) is 7.37. The predicted molar refractivity (Wildman–Crippen MR) is 78.2 cm³/mol. The van der Waals surface area contributed by atoms with E-state index in [1.807, 2.05) is 12.1 Å². The Kier molecular flexibility index (Phi) is 5.41. The largest absolute Gasteiger partial charge is 0.489 e. The monoisotopic (exact) mass is 277 g/mol. The zero-order valence-corrected chi connectivity index (χ0v) is 12.0. The maximum absolute atomic E-state index is 10.6. The highest BCUT2D eigenvalue weighted by Crippen LogP contribution is 2.19. The lowest BCUT2D eigenvalue weighted by Gasteiger charge is -2.32. The summed E-state index contributed by atoms with van der Waals surface area (Å²) in [6.07, 6.45) is 3.52. The second-order valence-corrected chi connectivity index (χ2v) is 5.32. The second-order valence-electron chi connectivity index (χ2n) is 5.32. The molecule has 1 N–H and O–H groups in total. The molecule has 0 saturated carbocycles. The van der Waals surface area contributed by atoms with Crippen LogP contribution in [0.5, 0.6) is 5.75 Å². The molecule has 2 rings (SSSR count). The van der Waals surface area contributed by atoms with Gasteiger partial charge < -0.3 is 9.84 Å². The number of piperidine rings is 1. The van der Waals surface area contributed by atoms with Crippen molar-refractivity contribution in [2.45, 2.75) is 38.7 Å². The molecule has 1 aliphatic heterocycles. The van der Waals surface area contributed by atoms with E-state index in [4.69, 9.17) is 9.84 Å². The van der Waals surface area contributed by atoms with E-state index in [1.165, 1.54) is 5.56 Å². The molecule has 0 amide bonds. The number of carboxylic acids is 1. The minimum atomic E-state index is -0.733. The van der Waals surface area contributed by atoms with Crippen LogP contribution in [-0.4, -0.2) is 41.7 Å². The predicted octanol–water partition coefficient (Wildman–Crippen LogP) is 2.57. The molecule has 0 radical (unpaired) electrons. The van der Waals surface area contributed by atoms with Crippen LogP contribution in [0.25, 0.3) is 0 Å². The quantitative estimate of drug-likeness (QED) is 0.868. The Morgan fingerprint density at radius 3 is 2.80 bits per heavy atom. The number of rotatable bonds is 6. The average molecular weight is 277 g/mol. The molecule has 4 nitrogen and oxygen atoms in total. The minimum Gasteiger partial charge on any atom is -0.489 e. The molecule has 1 heterocycles. The first kappa shape index (κ1) is 14.9. The van der Waals surface area contributed by atoms with Crippen LogP contribution < -0.4 is 4.74 Å². The van der Waals surface area contributed by atoms with E-state index in [0.29, 0.717) is 6.54 Å². The number of benzene rings is 1. The molecule has 1 atom stereocenters. The van der Waals surface area contributed by atoms with Crippen molar-refractivity contribution >= 4 is 5.97 Å². The highest BCUT2D eigenvalue weighted by atomic mass is 16.5. The van der Waals surface area contributed by atoms with Crippen molar-refractivity contribution in [3.63, 3.8) is 0 Å². The summed E-state index contributed by atoms with van der Waals surface area (Å²) < 4.78 is 6.00. The normalized spacial score (nSPS) is 19.8. The van der Waals surface area contributed by atoms with Gasteiger partial charge in [0.1, 0.15) is 11.9 Å². The molecule has 1 fully saturated rings. The maximum Gasteiger partial charge on any atom is 0.304 e. The van der Waals surface area contributed by atoms with Gasteiger partial charge in [0.2, 0.25) is 0 Å². The number of carboxylic acid groups (broad SMARTS) is 1. The van der Waals surface area contributed by atoms with Crippen molar-refractivity contribution in [3.8, 4) is 5.75 Å². The van der Waals surface area contributed by atoms with E-state index < -0.39 is 5.97 Å². The topological polar surface area (TPSA) is 49.8 Å². The van der Waals surface area contributed by atoms with E-state index in [9.17, 15) is 4.79 Å². The number of ether oxygens (including phenoxy) is 1. The molecule has 1 saturated heterocycles. The number of aliphatic carboxylic acids is 1. The molecule has 110 valence electrons. The molecular weight excluding hydrogens is 254 g/mol. The summed E-state index contributed by atoms with van der Waals surface area (Å²) in [6, 6.07) is 8.24. The minimum absolute atomic E-state index is 0.171. The summed E-state index contributed by atoms with van der Waals surface area (Å²) >= 11 is 0. The fourth-order valence-corrected chi connectivity index (χ4v) is 2.56. The van der Waals surface area contributed by atoms with Crippen LogP contribution in [0.4, 0.5) is 0 Å². The van der Waals surface area contributed by atoms with Gasteiger partial charge >= 0.3 is 5.97 Å². The second kappa shape index (κ2) is 7.29. The molecule has 0 bridgehead atoms. The SMILES string of the molecule is CCc1ccc(OC2CCCN(CCC(=O)O)C2)cc1. The highest BCUT2D eigenvalue weighted by molar-refractivity contribution is 5.66. The van der Waals surface area contributed by atoms with E-state index in [-0.39, 0.29) is 12.5 Å². The summed E-state index contributed by atoms with van der Waals surface area (Å²) in [7, 11) is 0. The van der Waals surface area contributed by atoms with Crippen LogP contribution in [0, 0.1) is 0 Å². The van der Waals surface area contributed by atoms with E-state index in [1.54, 1.807) is 0 Å². The molecular formula is C16H23NO3. The molecule has 4 heteroatoms. The van der Waals surface area contributed by atoms with Crippen LogP contribution in [0.2, 0.25) is 0 Å². The lowest BCUT2D eigenvalue weighted by molar-refractivity contribution is -0.137. The Labute approximate surface area is 120 Å². The van der Waals surface area contributed by atoms with Gasteiger partial charge in [-0.15, -0.1) is 0 Å². The van der Waals surface area contributed by atoms with Gasteiger partial charge in [0.05, 0.1) is 6.42 Å². The first-order valence-corrected chi connectivity index (χ1v) is 7.37. The number of carbonyl (C=O) groups is 1. The van der Waals surface area contributed by atoms with Crippen molar-refractivity contribution in [1.29, 1.82) is 0 Å². The zero-order valence-electron chi connectivity index (χ0n) is 12.0. The summed E-state index contributed by atoms with van der Waals surface area (Å²) in [6.45, 7) is 4.55. The number of nitrogens with zero attached hydrogens (tertiary/aromatic N) is 1. The summed E-state index contributed by atoms with van der Waals surface area (Å²) in [5, 5.41) is 8.74. The van der Waals surface area contributed by atoms with Gasteiger partial charge in [-0.05, 0) is 43.5 Å². The summed E-state index contributed by atoms with van der Waals surface area (Å²) in [5.41, 5.74) is 1.31. The van der Waals surface area contributed by atoms with Crippen molar-refractivity contribution in [1.82, 2.24) is 4.90 Å². The van der Waals surface area contributed by atoms with Crippen LogP contribution in [0.15, 0.2) is 24.3 Å². The Morgan fingerprint density at radius 2 is 2.15 bits per heavy atom. The number of hydrogen-bond donors (Lipinski definition) is 1. The van der Waals surface area contributed by atoms with Gasteiger partial charge in [0.25, 0.3) is 0 Å². The maximum atomic E-state index is 10.6. The summed E-state index contributed by atoms with van der Waals surface area (Å²) in [5.74, 6) is 0.176. The van der Waals surface area contributed by atoms with Crippen LogP contribution in [-0.2, 0) is 11.2 Å². The van der Waals surface area contributed by atoms with Crippen LogP contribution >= 0.6 is 0 Å². The van der Waals surface area contributed by atoms with Gasteiger partial charge in [-0.1, -0.05) is 19.1 Å². The van der Waals surface area contributed by atoms with E-state index in [2.05, 4.69) is 24.0 Å². The first-order chi connectivity index (χ1) is 9.67. The Hall–Kier alpha value is -1.55. The molecule has 1 unspecified atom stereocenters. The van der Waals surface area contributed by atoms with Gasteiger partial charge in [-0.25, -0.2) is 0 Å². The number of aryl methyl sites for hydroxylation is 1. The van der Waals surface area contributed by atoms with E-state index >= 15 is 0 Å². The Balaban J connectivity index is 1.83. The van der Waals surface area contributed by atoms with Crippen molar-refractivity contribution in [2.24, 2.45) is 0 Å². The third kappa shape index (κ3) is 4.53. The smallest absolute Gasteiger partial charge is 0.304 e. The molecule has 1 aromatic rings. The Morgan fingerprint density at radius 1 is 1.40 bits per heavy atom. The molecule has 20 heavy (non-hydrogen) atoms. The van der Waals surface area contributed by atoms with Gasteiger partial charge in [-0.2, -0.15) is 0 Å². The highest BCUT2D eigenvalue weighted by Gasteiger charge is 2.21. The van der Waals surface area contributed by atoms with Crippen molar-refractivity contribution in [3.05, 3.63) is 29.8 Å². The zero-order chi connectivity index (χ0) is 14.4. The van der Waals surface area contributed by atoms with E-state index in [0.717, 1.165) is 38.1 Å². The third-order valence-corrected chi connectivity index (χ3v) is 3.74. The fraction of sp³-hybridized carbons (Fsp3) is 0.562. The number of hydrogen-bond acceptors (Lipinski definition) is 3. The molecule has 0 aromatic heterocycles. The van der Waals surface area contributed by atoms with Gasteiger partial charge in [0.15, 0.2) is 0 Å². The van der Waals surface area contributed by atoms with Crippen LogP contribution in [0.3, 0.4) is 0 Å². The average Bonchev–Trinajstić information content (AvgIpc) is 2.46. The van der Waals surface area contributed by atoms with Crippen molar-refractivity contribution in [2.75, 3.05) is 19.6 Å². The standard InChI is InChI=1S/C16H23NO3/c1-2-13-5-7-14(8-6-13)20-15-4-3-10-17(12-15)11-9-16(18)19/h5-8,15H,2-4,9-12H2,1H3,(H,18,19). The third-order valence-electron chi connectivity index (χ3n) is 3.74. The van der Waals surface area contributed by atoms with Gasteiger partial charge in [0, 0.05) is 13.1 Å². The van der Waals surface area contributed by atoms with Gasteiger partial charge in [-0.3, -0.25) is 9.69 Å². The summed E-state index contributed by atoms with van der Waals surface area (Å²) in [4.78, 5) is 12.8. The van der Waals surface area contributed by atoms with Crippen LogP contribution in [0.1, 0.15) is 31.7 Å². The molecule has 1 aliphatic rings.